The van der Waals surface area contributed by atoms with Crippen molar-refractivity contribution in [3.63, 3.8) is 0 Å². The van der Waals surface area contributed by atoms with E-state index in [4.69, 9.17) is 34.8 Å². The Bertz CT molecular complexity index is 635. The van der Waals surface area contributed by atoms with E-state index >= 15 is 0 Å². The van der Waals surface area contributed by atoms with E-state index in [-0.39, 0.29) is 16.3 Å². The van der Waals surface area contributed by atoms with Gasteiger partial charge >= 0.3 is 6.18 Å². The minimum atomic E-state index is -4.52. The maximum atomic E-state index is 13.6. The fraction of sp³-hybridized carbons (Fsp3) is 0.333. The number of anilines is 1. The molecule has 0 radical (unpaired) electrons. The molecule has 0 spiro atoms. The first-order valence-electron chi connectivity index (χ1n) is 6.39. The Morgan fingerprint density at radius 3 is 2.27 bits per heavy atom. The highest BCUT2D eigenvalue weighted by Crippen LogP contribution is 2.47. The normalized spacial score (nSPS) is 22.2. The molecule has 1 aliphatic rings. The summed E-state index contributed by atoms with van der Waals surface area (Å²) in [6.07, 6.45) is -1.60. The average Bonchev–Trinajstić information content (AvgIpc) is 2.35. The van der Waals surface area contributed by atoms with E-state index in [2.05, 4.69) is 0 Å². The summed E-state index contributed by atoms with van der Waals surface area (Å²) in [5, 5.41) is -0.240. The van der Waals surface area contributed by atoms with Crippen LogP contribution in [0, 0.1) is 0 Å². The minimum absolute atomic E-state index is 0.0420. The van der Waals surface area contributed by atoms with Crippen LogP contribution in [0.15, 0.2) is 40.4 Å². The van der Waals surface area contributed by atoms with Crippen molar-refractivity contribution in [2.45, 2.75) is 17.5 Å². The van der Waals surface area contributed by atoms with Gasteiger partial charge in [-0.3, -0.25) is 0 Å². The third-order valence-electron chi connectivity index (χ3n) is 3.38. The third kappa shape index (κ3) is 3.39. The predicted molar refractivity (Wildman–Crippen MR) is 86.0 cm³/mol. The summed E-state index contributed by atoms with van der Waals surface area (Å²) in [6.45, 7) is 0. The van der Waals surface area contributed by atoms with E-state index in [0.29, 0.717) is 5.03 Å². The molecular weight excluding hydrogens is 358 g/mol. The summed E-state index contributed by atoms with van der Waals surface area (Å²) in [5.41, 5.74) is -0.618. The molecule has 22 heavy (non-hydrogen) atoms. The van der Waals surface area contributed by atoms with E-state index in [1.165, 1.54) is 29.2 Å². The molecule has 7 heteroatoms. The minimum Gasteiger partial charge on any atom is -0.377 e. The molecule has 1 aliphatic carbocycles. The van der Waals surface area contributed by atoms with Crippen LogP contribution in [0.4, 0.5) is 18.9 Å². The molecule has 0 aliphatic heterocycles. The third-order valence-corrected chi connectivity index (χ3v) is 4.34. The number of rotatable bonds is 2. The second-order valence-corrected chi connectivity index (χ2v) is 6.51. The van der Waals surface area contributed by atoms with E-state index in [9.17, 15) is 13.2 Å². The Hall–Kier alpha value is -0.840. The standard InChI is InChI=1S/C15H13Cl3F3N/c1-22(2)12-5-3-4-9(14(12)15(19,20)21)13-10(17)6-8(16)7-11(13)18/h3-7,10,13H,1-2H3. The number of benzene rings is 1. The van der Waals surface area contributed by atoms with Crippen molar-refractivity contribution in [1.82, 2.24) is 0 Å². The van der Waals surface area contributed by atoms with Gasteiger partial charge in [0.25, 0.3) is 0 Å². The van der Waals surface area contributed by atoms with Crippen molar-refractivity contribution in [3.05, 3.63) is 51.5 Å². The van der Waals surface area contributed by atoms with E-state index in [0.717, 1.165) is 0 Å². The summed E-state index contributed by atoms with van der Waals surface area (Å²) < 4.78 is 40.7. The van der Waals surface area contributed by atoms with Crippen LogP contribution >= 0.6 is 34.8 Å². The van der Waals surface area contributed by atoms with Gasteiger partial charge in [-0.2, -0.15) is 13.2 Å². The zero-order chi connectivity index (χ0) is 16.7. The fourth-order valence-corrected chi connectivity index (χ4v) is 3.70. The lowest BCUT2D eigenvalue weighted by Crippen LogP contribution is -2.23. The Labute approximate surface area is 141 Å². The SMILES string of the molecule is CN(C)c1cccc(C2C(Cl)=CC(Cl)=CC2Cl)c1C(F)(F)F. The van der Waals surface area contributed by atoms with Gasteiger partial charge in [0.1, 0.15) is 0 Å². The number of nitrogens with zero attached hydrogens (tertiary/aromatic N) is 1. The molecule has 2 rings (SSSR count). The molecule has 0 N–H and O–H groups in total. The second-order valence-electron chi connectivity index (χ2n) is 5.14. The van der Waals surface area contributed by atoms with Crippen molar-refractivity contribution in [2.75, 3.05) is 19.0 Å². The van der Waals surface area contributed by atoms with E-state index in [1.807, 2.05) is 0 Å². The van der Waals surface area contributed by atoms with Gasteiger partial charge in [-0.05, 0) is 23.8 Å². The van der Waals surface area contributed by atoms with Crippen molar-refractivity contribution in [1.29, 1.82) is 0 Å². The highest BCUT2D eigenvalue weighted by molar-refractivity contribution is 6.37. The zero-order valence-corrected chi connectivity index (χ0v) is 14.0. The van der Waals surface area contributed by atoms with Gasteiger partial charge in [-0.1, -0.05) is 35.3 Å². The first kappa shape index (κ1) is 17.5. The number of hydrogen-bond donors (Lipinski definition) is 0. The summed E-state index contributed by atoms with van der Waals surface area (Å²) in [7, 11) is 3.11. The lowest BCUT2D eigenvalue weighted by molar-refractivity contribution is -0.137. The predicted octanol–water partition coefficient (Wildman–Crippen LogP) is 5.72. The quantitative estimate of drug-likeness (QED) is 0.602. The molecule has 0 heterocycles. The van der Waals surface area contributed by atoms with Gasteiger partial charge in [-0.15, -0.1) is 11.6 Å². The van der Waals surface area contributed by atoms with Gasteiger partial charge < -0.3 is 4.90 Å². The van der Waals surface area contributed by atoms with Gasteiger partial charge in [-0.25, -0.2) is 0 Å². The molecule has 0 bridgehead atoms. The van der Waals surface area contributed by atoms with E-state index in [1.54, 1.807) is 20.2 Å². The second kappa shape index (κ2) is 6.34. The molecule has 1 aromatic rings. The molecule has 1 nitrogen and oxygen atoms in total. The zero-order valence-electron chi connectivity index (χ0n) is 11.8. The molecule has 0 fully saturated rings. The summed E-state index contributed by atoms with van der Waals surface area (Å²) in [5.74, 6) is -0.789. The molecule has 2 atom stereocenters. The van der Waals surface area contributed by atoms with Crippen LogP contribution in [0.2, 0.25) is 0 Å². The first-order valence-corrected chi connectivity index (χ1v) is 7.58. The van der Waals surface area contributed by atoms with Crippen LogP contribution in [-0.2, 0) is 6.18 Å². The van der Waals surface area contributed by atoms with Gasteiger partial charge in [0.2, 0.25) is 0 Å². The molecule has 1 aromatic carbocycles. The highest BCUT2D eigenvalue weighted by atomic mass is 35.5. The molecule has 0 aromatic heterocycles. The van der Waals surface area contributed by atoms with Crippen LogP contribution in [0.25, 0.3) is 0 Å². The van der Waals surface area contributed by atoms with Gasteiger partial charge in [0, 0.05) is 35.8 Å². The molecule has 2 unspecified atom stereocenters. The van der Waals surface area contributed by atoms with Crippen molar-refractivity contribution in [3.8, 4) is 0 Å². The van der Waals surface area contributed by atoms with Crippen LogP contribution in [0.3, 0.4) is 0 Å². The Kier molecular flexibility index (Phi) is 5.05. The molecule has 0 saturated carbocycles. The van der Waals surface area contributed by atoms with Crippen molar-refractivity contribution in [2.24, 2.45) is 0 Å². The molecule has 0 amide bonds. The molecule has 120 valence electrons. The van der Waals surface area contributed by atoms with E-state index < -0.39 is 23.0 Å². The maximum absolute atomic E-state index is 13.6. The van der Waals surface area contributed by atoms with Crippen LogP contribution in [-0.4, -0.2) is 19.5 Å². The lowest BCUT2D eigenvalue weighted by Gasteiger charge is -2.29. The number of alkyl halides is 4. The number of halogens is 6. The average molecular weight is 371 g/mol. The summed E-state index contributed by atoms with van der Waals surface area (Å²) in [6, 6.07) is 4.38. The topological polar surface area (TPSA) is 3.24 Å². The van der Waals surface area contributed by atoms with Crippen LogP contribution in [0.1, 0.15) is 17.0 Å². The van der Waals surface area contributed by atoms with Crippen LogP contribution < -0.4 is 4.90 Å². The smallest absolute Gasteiger partial charge is 0.377 e. The Balaban J connectivity index is 2.67. The molecular formula is C15H13Cl3F3N. The lowest BCUT2D eigenvalue weighted by atomic mass is 9.87. The fourth-order valence-electron chi connectivity index (χ4n) is 2.49. The number of allylic oxidation sites excluding steroid dienone is 4. The van der Waals surface area contributed by atoms with Crippen LogP contribution in [0.5, 0.6) is 0 Å². The molecule has 0 saturated heterocycles. The Morgan fingerprint density at radius 2 is 1.77 bits per heavy atom. The first-order chi connectivity index (χ1) is 10.1. The van der Waals surface area contributed by atoms with Crippen molar-refractivity contribution < 1.29 is 13.2 Å². The van der Waals surface area contributed by atoms with Gasteiger partial charge in [0.15, 0.2) is 0 Å². The Morgan fingerprint density at radius 1 is 1.14 bits per heavy atom. The monoisotopic (exact) mass is 369 g/mol. The summed E-state index contributed by atoms with van der Waals surface area (Å²) in [4.78, 5) is 1.42. The highest BCUT2D eigenvalue weighted by Gasteiger charge is 2.40. The largest absolute Gasteiger partial charge is 0.418 e. The summed E-state index contributed by atoms with van der Waals surface area (Å²) >= 11 is 18.2. The van der Waals surface area contributed by atoms with Gasteiger partial charge in [0.05, 0.1) is 10.9 Å². The van der Waals surface area contributed by atoms with Crippen molar-refractivity contribution >= 4 is 40.5 Å². The maximum Gasteiger partial charge on any atom is 0.418 e. The number of hydrogen-bond acceptors (Lipinski definition) is 1.